The number of carbonyl (C=O) groups is 2. The Kier molecular flexibility index (Phi) is 7.56. The molecule has 0 fully saturated rings. The van der Waals surface area contributed by atoms with E-state index in [1.807, 2.05) is 0 Å². The molecule has 0 unspecified atom stereocenters. The van der Waals surface area contributed by atoms with Gasteiger partial charge in [-0.25, -0.2) is 14.4 Å². The van der Waals surface area contributed by atoms with Crippen molar-refractivity contribution in [3.63, 3.8) is 0 Å². The molecular weight excluding hydrogens is 409 g/mol. The highest BCUT2D eigenvalue weighted by Crippen LogP contribution is 2.26. The lowest BCUT2D eigenvalue weighted by Crippen LogP contribution is -2.41. The quantitative estimate of drug-likeness (QED) is 0.715. The van der Waals surface area contributed by atoms with Crippen molar-refractivity contribution in [2.45, 2.75) is 53.6 Å². The molecule has 1 aromatic heterocycles. The maximum atomic E-state index is 14.2. The first kappa shape index (κ1) is 23.8. The molecule has 7 nitrogen and oxygen atoms in total. The molecular formula is C24H32FN5O2. The second-order valence-electron chi connectivity index (χ2n) is 8.57. The number of amides is 2. The minimum atomic E-state index is -0.408. The first-order valence-electron chi connectivity index (χ1n) is 11.1. The Morgan fingerprint density at radius 3 is 2.50 bits per heavy atom. The third-order valence-corrected chi connectivity index (χ3v) is 5.91. The molecule has 0 atom stereocenters. The fourth-order valence-electron chi connectivity index (χ4n) is 4.10. The number of benzene rings is 1. The fourth-order valence-corrected chi connectivity index (χ4v) is 4.10. The Bertz CT molecular complexity index is 994. The molecule has 32 heavy (non-hydrogen) atoms. The van der Waals surface area contributed by atoms with E-state index >= 15 is 0 Å². The van der Waals surface area contributed by atoms with E-state index in [2.05, 4.69) is 28.7 Å². The van der Waals surface area contributed by atoms with Crippen LogP contribution in [0.15, 0.2) is 24.4 Å². The van der Waals surface area contributed by atoms with Gasteiger partial charge in [-0.05, 0) is 51.8 Å². The van der Waals surface area contributed by atoms with E-state index in [1.165, 1.54) is 19.1 Å². The fraction of sp³-hybridized carbons (Fsp3) is 0.500. The van der Waals surface area contributed by atoms with Gasteiger partial charge in [-0.2, -0.15) is 0 Å². The van der Waals surface area contributed by atoms with Crippen LogP contribution < -0.4 is 4.90 Å². The number of halogens is 1. The molecule has 0 radical (unpaired) electrons. The molecule has 1 aromatic carbocycles. The summed E-state index contributed by atoms with van der Waals surface area (Å²) in [5.74, 6) is -0.113. The first-order valence-corrected chi connectivity index (χ1v) is 11.1. The summed E-state index contributed by atoms with van der Waals surface area (Å²) in [6, 6.07) is 4.72. The van der Waals surface area contributed by atoms with Crippen LogP contribution in [0.2, 0.25) is 0 Å². The minimum Gasteiger partial charge on any atom is -0.333 e. The van der Waals surface area contributed by atoms with Crippen molar-refractivity contribution >= 4 is 17.5 Å². The average molecular weight is 442 g/mol. The van der Waals surface area contributed by atoms with E-state index < -0.39 is 5.82 Å². The summed E-state index contributed by atoms with van der Waals surface area (Å²) >= 11 is 0. The molecule has 172 valence electrons. The van der Waals surface area contributed by atoms with Crippen LogP contribution in [0.25, 0.3) is 0 Å². The second-order valence-corrected chi connectivity index (χ2v) is 8.57. The van der Waals surface area contributed by atoms with Gasteiger partial charge in [0.05, 0.1) is 16.9 Å². The maximum Gasteiger partial charge on any atom is 0.257 e. The Balaban J connectivity index is 2.04. The zero-order chi connectivity index (χ0) is 23.4. The van der Waals surface area contributed by atoms with E-state index in [1.54, 1.807) is 35.9 Å². The molecule has 8 heteroatoms. The number of aromatic nitrogens is 2. The number of nitrogens with zero attached hydrogens (tertiary/aromatic N) is 5. The number of fused-ring (bicyclic) bond motifs is 1. The van der Waals surface area contributed by atoms with Gasteiger partial charge in [-0.3, -0.25) is 14.5 Å². The molecule has 0 bridgehead atoms. The van der Waals surface area contributed by atoms with Gasteiger partial charge in [-0.15, -0.1) is 0 Å². The molecule has 0 aliphatic carbocycles. The van der Waals surface area contributed by atoms with Crippen LogP contribution in [0.3, 0.4) is 0 Å². The number of carbonyl (C=O) groups excluding carboxylic acids is 2. The van der Waals surface area contributed by atoms with Gasteiger partial charge in [0.1, 0.15) is 11.6 Å². The van der Waals surface area contributed by atoms with Crippen molar-refractivity contribution in [2.75, 3.05) is 31.1 Å². The van der Waals surface area contributed by atoms with Crippen molar-refractivity contribution in [1.29, 1.82) is 0 Å². The molecule has 1 aliphatic rings. The second kappa shape index (κ2) is 10.2. The van der Waals surface area contributed by atoms with E-state index in [4.69, 9.17) is 0 Å². The van der Waals surface area contributed by atoms with Gasteiger partial charge in [0, 0.05) is 51.9 Å². The van der Waals surface area contributed by atoms with Crippen molar-refractivity contribution in [3.8, 4) is 0 Å². The van der Waals surface area contributed by atoms with Crippen LogP contribution in [0.5, 0.6) is 0 Å². The standard InChI is InChI=1S/C24H32FN5O2/c1-16(2)28-9-6-10-30(19(5)31)23-13-21(25)8-7-20(23)15-29(12-11-28)24(32)22-14-26-18(4)27-17(22)3/h7-8,13-14,16H,6,9-12,15H2,1-5H3. The molecule has 0 saturated carbocycles. The zero-order valence-electron chi connectivity index (χ0n) is 19.6. The highest BCUT2D eigenvalue weighted by Gasteiger charge is 2.25. The predicted molar refractivity (Wildman–Crippen MR) is 122 cm³/mol. The average Bonchev–Trinajstić information content (AvgIpc) is 2.75. The van der Waals surface area contributed by atoms with E-state index in [0.717, 1.165) is 18.5 Å². The molecule has 0 saturated heterocycles. The van der Waals surface area contributed by atoms with E-state index in [0.29, 0.717) is 48.4 Å². The van der Waals surface area contributed by atoms with Gasteiger partial charge >= 0.3 is 0 Å². The minimum absolute atomic E-state index is 0.146. The first-order chi connectivity index (χ1) is 15.2. The highest BCUT2D eigenvalue weighted by atomic mass is 19.1. The largest absolute Gasteiger partial charge is 0.333 e. The number of rotatable bonds is 2. The third-order valence-electron chi connectivity index (χ3n) is 5.91. The summed E-state index contributed by atoms with van der Waals surface area (Å²) < 4.78 is 14.2. The van der Waals surface area contributed by atoms with E-state index in [9.17, 15) is 14.0 Å². The van der Waals surface area contributed by atoms with Crippen molar-refractivity contribution in [3.05, 3.63) is 52.9 Å². The summed E-state index contributed by atoms with van der Waals surface area (Å²) in [6.45, 7) is 12.1. The lowest BCUT2D eigenvalue weighted by molar-refractivity contribution is -0.116. The number of aryl methyl sites for hydroxylation is 2. The van der Waals surface area contributed by atoms with Gasteiger partial charge in [-0.1, -0.05) is 6.07 Å². The van der Waals surface area contributed by atoms with Gasteiger partial charge in [0.2, 0.25) is 5.91 Å². The Hall–Kier alpha value is -2.87. The molecule has 2 aromatic rings. The smallest absolute Gasteiger partial charge is 0.257 e. The Morgan fingerprint density at radius 1 is 1.09 bits per heavy atom. The number of anilines is 1. The van der Waals surface area contributed by atoms with Crippen molar-refractivity contribution in [1.82, 2.24) is 19.8 Å². The van der Waals surface area contributed by atoms with Crippen molar-refractivity contribution < 1.29 is 14.0 Å². The van der Waals surface area contributed by atoms with Gasteiger partial charge in [0.25, 0.3) is 5.91 Å². The zero-order valence-corrected chi connectivity index (χ0v) is 19.6. The van der Waals surface area contributed by atoms with Crippen LogP contribution in [0.1, 0.15) is 54.6 Å². The van der Waals surface area contributed by atoms with Crippen LogP contribution >= 0.6 is 0 Å². The van der Waals surface area contributed by atoms with Crippen molar-refractivity contribution in [2.24, 2.45) is 0 Å². The third kappa shape index (κ3) is 5.48. The topological polar surface area (TPSA) is 69.6 Å². The molecule has 3 rings (SSSR count). The van der Waals surface area contributed by atoms with E-state index in [-0.39, 0.29) is 18.4 Å². The summed E-state index contributed by atoms with van der Waals surface area (Å²) in [7, 11) is 0. The molecule has 1 aliphatic heterocycles. The molecule has 0 spiro atoms. The molecule has 2 heterocycles. The monoisotopic (exact) mass is 441 g/mol. The summed E-state index contributed by atoms with van der Waals surface area (Å²) in [4.78, 5) is 40.2. The number of hydrogen-bond donors (Lipinski definition) is 0. The predicted octanol–water partition coefficient (Wildman–Crippen LogP) is 3.34. The lowest BCUT2D eigenvalue weighted by Gasteiger charge is -2.30. The van der Waals surface area contributed by atoms with Crippen LogP contribution in [-0.4, -0.2) is 63.8 Å². The molecule has 0 N–H and O–H groups in total. The molecule has 2 amide bonds. The highest BCUT2D eigenvalue weighted by molar-refractivity contribution is 5.95. The SMILES string of the molecule is CC(=O)N1CCCN(C(C)C)CCN(C(=O)c2cnc(C)nc2C)Cc2ccc(F)cc21. The summed E-state index contributed by atoms with van der Waals surface area (Å²) in [6.07, 6.45) is 2.32. The normalized spacial score (nSPS) is 16.0. The van der Waals surface area contributed by atoms with Crippen LogP contribution in [-0.2, 0) is 11.3 Å². The maximum absolute atomic E-state index is 14.2. The Labute approximate surface area is 189 Å². The van der Waals surface area contributed by atoms with Gasteiger partial charge < -0.3 is 9.80 Å². The Morgan fingerprint density at radius 2 is 1.84 bits per heavy atom. The van der Waals surface area contributed by atoms with Crippen LogP contribution in [0.4, 0.5) is 10.1 Å². The van der Waals surface area contributed by atoms with Crippen LogP contribution in [0, 0.1) is 19.7 Å². The number of hydrogen-bond acceptors (Lipinski definition) is 5. The lowest BCUT2D eigenvalue weighted by atomic mass is 10.1. The van der Waals surface area contributed by atoms with Gasteiger partial charge in [0.15, 0.2) is 0 Å². The summed E-state index contributed by atoms with van der Waals surface area (Å²) in [5, 5.41) is 0. The summed E-state index contributed by atoms with van der Waals surface area (Å²) in [5.41, 5.74) is 2.33.